The molecule has 0 amide bonds. The summed E-state index contributed by atoms with van der Waals surface area (Å²) >= 11 is 1.68. The fourth-order valence-corrected chi connectivity index (χ4v) is 2.79. The summed E-state index contributed by atoms with van der Waals surface area (Å²) in [5.74, 6) is 0. The molecule has 0 saturated heterocycles. The SMILES string of the molecule is Cc1sc(-c2ccccn2)nc1C(C)(C)CN. The van der Waals surface area contributed by atoms with E-state index in [2.05, 4.69) is 25.8 Å². The molecule has 0 bridgehead atoms. The van der Waals surface area contributed by atoms with Crippen LogP contribution in [-0.2, 0) is 5.41 Å². The minimum Gasteiger partial charge on any atom is -0.330 e. The molecule has 0 fully saturated rings. The Hall–Kier alpha value is -1.26. The molecule has 4 heteroatoms. The van der Waals surface area contributed by atoms with Crippen molar-refractivity contribution < 1.29 is 0 Å². The van der Waals surface area contributed by atoms with Crippen molar-refractivity contribution in [3.8, 4) is 10.7 Å². The Labute approximate surface area is 106 Å². The number of hydrogen-bond acceptors (Lipinski definition) is 4. The summed E-state index contributed by atoms with van der Waals surface area (Å²) in [7, 11) is 0. The lowest BCUT2D eigenvalue weighted by atomic mass is 9.89. The topological polar surface area (TPSA) is 51.8 Å². The summed E-state index contributed by atoms with van der Waals surface area (Å²) in [6.07, 6.45) is 1.79. The Morgan fingerprint density at radius 2 is 2.12 bits per heavy atom. The van der Waals surface area contributed by atoms with E-state index >= 15 is 0 Å². The number of aromatic nitrogens is 2. The number of nitrogens with two attached hydrogens (primary N) is 1. The van der Waals surface area contributed by atoms with E-state index in [0.717, 1.165) is 16.4 Å². The first-order valence-electron chi connectivity index (χ1n) is 5.64. The number of thiazole rings is 1. The van der Waals surface area contributed by atoms with Gasteiger partial charge in [-0.15, -0.1) is 11.3 Å². The van der Waals surface area contributed by atoms with Crippen LogP contribution < -0.4 is 5.73 Å². The molecular formula is C13H17N3S. The normalized spacial score (nSPS) is 11.8. The van der Waals surface area contributed by atoms with Gasteiger partial charge in [-0.1, -0.05) is 19.9 Å². The highest BCUT2D eigenvalue weighted by atomic mass is 32.1. The van der Waals surface area contributed by atoms with Gasteiger partial charge in [-0.05, 0) is 19.1 Å². The zero-order valence-electron chi connectivity index (χ0n) is 10.4. The largest absolute Gasteiger partial charge is 0.330 e. The van der Waals surface area contributed by atoms with E-state index in [0.29, 0.717) is 6.54 Å². The maximum absolute atomic E-state index is 5.80. The summed E-state index contributed by atoms with van der Waals surface area (Å²) in [4.78, 5) is 10.2. The molecule has 0 aliphatic heterocycles. The predicted octanol–water partition coefficient (Wildman–Crippen LogP) is 2.75. The lowest BCUT2D eigenvalue weighted by Gasteiger charge is -2.20. The van der Waals surface area contributed by atoms with Crippen LogP contribution in [0.4, 0.5) is 0 Å². The van der Waals surface area contributed by atoms with E-state index < -0.39 is 0 Å². The maximum atomic E-state index is 5.80. The molecule has 0 saturated carbocycles. The zero-order chi connectivity index (χ0) is 12.5. The Morgan fingerprint density at radius 3 is 2.71 bits per heavy atom. The van der Waals surface area contributed by atoms with Crippen LogP contribution in [0.3, 0.4) is 0 Å². The van der Waals surface area contributed by atoms with Crippen LogP contribution in [0.15, 0.2) is 24.4 Å². The van der Waals surface area contributed by atoms with Gasteiger partial charge in [-0.3, -0.25) is 4.98 Å². The van der Waals surface area contributed by atoms with Crippen molar-refractivity contribution >= 4 is 11.3 Å². The molecule has 17 heavy (non-hydrogen) atoms. The summed E-state index contributed by atoms with van der Waals surface area (Å²) in [6.45, 7) is 6.94. The molecule has 2 aromatic rings. The smallest absolute Gasteiger partial charge is 0.142 e. The number of rotatable bonds is 3. The number of hydrogen-bond donors (Lipinski definition) is 1. The van der Waals surface area contributed by atoms with Crippen LogP contribution in [0.2, 0.25) is 0 Å². The molecule has 0 unspecified atom stereocenters. The Morgan fingerprint density at radius 1 is 1.35 bits per heavy atom. The fourth-order valence-electron chi connectivity index (χ4n) is 1.72. The molecule has 2 heterocycles. The average Bonchev–Trinajstić information content (AvgIpc) is 2.73. The molecule has 0 aliphatic carbocycles. The predicted molar refractivity (Wildman–Crippen MR) is 72.2 cm³/mol. The average molecular weight is 247 g/mol. The first-order chi connectivity index (χ1) is 8.04. The molecule has 2 N–H and O–H groups in total. The first-order valence-corrected chi connectivity index (χ1v) is 6.45. The Kier molecular flexibility index (Phi) is 3.26. The third kappa shape index (κ3) is 2.37. The van der Waals surface area contributed by atoms with Gasteiger partial charge in [0.15, 0.2) is 0 Å². The highest BCUT2D eigenvalue weighted by Crippen LogP contribution is 2.32. The van der Waals surface area contributed by atoms with Gasteiger partial charge in [0.05, 0.1) is 11.4 Å². The summed E-state index contributed by atoms with van der Waals surface area (Å²) in [5, 5.41) is 0.972. The second-order valence-corrected chi connectivity index (χ2v) is 5.93. The van der Waals surface area contributed by atoms with Gasteiger partial charge in [0.25, 0.3) is 0 Å². The highest BCUT2D eigenvalue weighted by molar-refractivity contribution is 7.15. The highest BCUT2D eigenvalue weighted by Gasteiger charge is 2.25. The lowest BCUT2D eigenvalue weighted by Crippen LogP contribution is -2.29. The van der Waals surface area contributed by atoms with E-state index in [9.17, 15) is 0 Å². The van der Waals surface area contributed by atoms with Gasteiger partial charge in [0, 0.05) is 23.0 Å². The molecule has 2 rings (SSSR count). The Balaban J connectivity index is 2.45. The molecule has 90 valence electrons. The van der Waals surface area contributed by atoms with Crippen molar-refractivity contribution in [1.29, 1.82) is 0 Å². The third-order valence-electron chi connectivity index (χ3n) is 2.83. The van der Waals surface area contributed by atoms with E-state index in [1.165, 1.54) is 4.88 Å². The quantitative estimate of drug-likeness (QED) is 0.907. The molecule has 3 nitrogen and oxygen atoms in total. The van der Waals surface area contributed by atoms with Gasteiger partial charge in [0.1, 0.15) is 5.01 Å². The van der Waals surface area contributed by atoms with E-state index in [1.807, 2.05) is 18.2 Å². The minimum atomic E-state index is -0.0758. The van der Waals surface area contributed by atoms with Crippen LogP contribution in [0.25, 0.3) is 10.7 Å². The Bertz CT molecular complexity index is 503. The van der Waals surface area contributed by atoms with Crippen molar-refractivity contribution in [2.75, 3.05) is 6.54 Å². The molecular weight excluding hydrogens is 230 g/mol. The second kappa shape index (κ2) is 4.55. The van der Waals surface area contributed by atoms with Crippen molar-refractivity contribution in [1.82, 2.24) is 9.97 Å². The van der Waals surface area contributed by atoms with Crippen molar-refractivity contribution in [3.05, 3.63) is 35.0 Å². The summed E-state index contributed by atoms with van der Waals surface area (Å²) in [5.41, 5.74) is 7.75. The molecule has 0 spiro atoms. The standard InChI is InChI=1S/C13H17N3S/c1-9-11(13(2,3)8-14)16-12(17-9)10-6-4-5-7-15-10/h4-7H,8,14H2,1-3H3. The van der Waals surface area contributed by atoms with E-state index in [1.54, 1.807) is 17.5 Å². The van der Waals surface area contributed by atoms with Gasteiger partial charge in [-0.25, -0.2) is 4.98 Å². The number of aryl methyl sites for hydroxylation is 1. The van der Waals surface area contributed by atoms with Crippen LogP contribution in [0.5, 0.6) is 0 Å². The van der Waals surface area contributed by atoms with Crippen molar-refractivity contribution in [3.63, 3.8) is 0 Å². The van der Waals surface area contributed by atoms with E-state index in [-0.39, 0.29) is 5.41 Å². The zero-order valence-corrected chi connectivity index (χ0v) is 11.2. The van der Waals surface area contributed by atoms with Crippen LogP contribution in [0.1, 0.15) is 24.4 Å². The maximum Gasteiger partial charge on any atom is 0.142 e. The number of nitrogens with zero attached hydrogens (tertiary/aromatic N) is 2. The van der Waals surface area contributed by atoms with E-state index in [4.69, 9.17) is 10.7 Å². The molecule has 0 aromatic carbocycles. The van der Waals surface area contributed by atoms with Crippen molar-refractivity contribution in [2.24, 2.45) is 5.73 Å². The first kappa shape index (κ1) is 12.2. The van der Waals surface area contributed by atoms with Gasteiger partial charge >= 0.3 is 0 Å². The third-order valence-corrected chi connectivity index (χ3v) is 3.83. The fraction of sp³-hybridized carbons (Fsp3) is 0.385. The molecule has 0 atom stereocenters. The second-order valence-electron chi connectivity index (χ2n) is 4.73. The minimum absolute atomic E-state index is 0.0758. The molecule has 0 aliphatic rings. The molecule has 0 radical (unpaired) electrons. The summed E-state index contributed by atoms with van der Waals surface area (Å²) < 4.78 is 0. The van der Waals surface area contributed by atoms with Crippen molar-refractivity contribution in [2.45, 2.75) is 26.2 Å². The van der Waals surface area contributed by atoms with Crippen LogP contribution >= 0.6 is 11.3 Å². The van der Waals surface area contributed by atoms with Gasteiger partial charge in [0.2, 0.25) is 0 Å². The van der Waals surface area contributed by atoms with Crippen LogP contribution in [-0.4, -0.2) is 16.5 Å². The summed E-state index contributed by atoms with van der Waals surface area (Å²) in [6, 6.07) is 5.87. The van der Waals surface area contributed by atoms with Crippen LogP contribution in [0, 0.1) is 6.92 Å². The van der Waals surface area contributed by atoms with Gasteiger partial charge in [-0.2, -0.15) is 0 Å². The monoisotopic (exact) mass is 247 g/mol. The lowest BCUT2D eigenvalue weighted by molar-refractivity contribution is 0.522. The van der Waals surface area contributed by atoms with Gasteiger partial charge < -0.3 is 5.73 Å². The number of pyridine rings is 1. The molecule has 2 aromatic heterocycles.